The Morgan fingerprint density at radius 1 is 1.17 bits per heavy atom. The van der Waals surface area contributed by atoms with Crippen molar-refractivity contribution in [3.8, 4) is 0 Å². The Labute approximate surface area is 177 Å². The van der Waals surface area contributed by atoms with Crippen LogP contribution in [0.1, 0.15) is 34.3 Å². The zero-order chi connectivity index (χ0) is 20.4. The van der Waals surface area contributed by atoms with Crippen LogP contribution in [0.2, 0.25) is 5.02 Å². The number of benzene rings is 2. The van der Waals surface area contributed by atoms with Crippen molar-refractivity contribution in [3.63, 3.8) is 0 Å². The number of fused-ring (bicyclic) bond motifs is 1. The lowest BCUT2D eigenvalue weighted by molar-refractivity contribution is 0.0826. The van der Waals surface area contributed by atoms with Gasteiger partial charge in [-0.1, -0.05) is 29.8 Å². The minimum atomic E-state index is -0.0699. The van der Waals surface area contributed by atoms with Gasteiger partial charge in [-0.15, -0.1) is 0 Å². The van der Waals surface area contributed by atoms with Gasteiger partial charge in [-0.2, -0.15) is 0 Å². The molecule has 2 N–H and O–H groups in total. The average molecular weight is 411 g/mol. The van der Waals surface area contributed by atoms with E-state index in [-0.39, 0.29) is 11.3 Å². The first kappa shape index (κ1) is 19.9. The van der Waals surface area contributed by atoms with Gasteiger partial charge in [0.15, 0.2) is 0 Å². The molecule has 0 radical (unpaired) electrons. The minimum absolute atomic E-state index is 0.0482. The van der Waals surface area contributed by atoms with Gasteiger partial charge < -0.3 is 15.5 Å². The summed E-state index contributed by atoms with van der Waals surface area (Å²) < 4.78 is 0. The van der Waals surface area contributed by atoms with Crippen molar-refractivity contribution >= 4 is 29.0 Å². The number of carbonyl (C=O) groups excluding carboxylic acids is 1. The van der Waals surface area contributed by atoms with Crippen LogP contribution in [0.5, 0.6) is 0 Å². The molecule has 0 atom stereocenters. The van der Waals surface area contributed by atoms with Crippen LogP contribution in [0, 0.1) is 5.41 Å². The number of piperidine rings is 1. The number of carbonyl (C=O) groups is 1. The van der Waals surface area contributed by atoms with E-state index in [1.807, 2.05) is 36.4 Å². The third-order valence-corrected chi connectivity index (χ3v) is 6.19. The Morgan fingerprint density at radius 2 is 1.93 bits per heavy atom. The third-order valence-electron chi connectivity index (χ3n) is 5.95. The fraction of sp³-hybridized carbons (Fsp3) is 0.391. The molecule has 0 aromatic heterocycles. The first-order valence-electron chi connectivity index (χ1n) is 10.1. The topological polar surface area (TPSA) is 56.7 Å². The number of amides is 1. The van der Waals surface area contributed by atoms with E-state index in [4.69, 9.17) is 16.6 Å². The number of amidine groups is 1. The monoisotopic (exact) mass is 410 g/mol. The van der Waals surface area contributed by atoms with Gasteiger partial charge in [-0.25, -0.2) is 0 Å². The maximum atomic E-state index is 12.8. The molecule has 4 rings (SSSR count). The lowest BCUT2D eigenvalue weighted by Gasteiger charge is -2.43. The van der Waals surface area contributed by atoms with Gasteiger partial charge in [0.1, 0.15) is 5.84 Å². The van der Waals surface area contributed by atoms with Crippen molar-refractivity contribution in [2.24, 2.45) is 10.4 Å². The number of hydrogen-bond donors (Lipinski definition) is 2. The van der Waals surface area contributed by atoms with Crippen LogP contribution in [-0.4, -0.2) is 43.8 Å². The van der Waals surface area contributed by atoms with Crippen LogP contribution >= 0.6 is 11.6 Å². The van der Waals surface area contributed by atoms with Gasteiger partial charge in [0.05, 0.1) is 6.54 Å². The van der Waals surface area contributed by atoms with Crippen molar-refractivity contribution < 1.29 is 4.79 Å². The minimum Gasteiger partial charge on any atom is -0.345 e. The summed E-state index contributed by atoms with van der Waals surface area (Å²) in [5.41, 5.74) is 3.91. The second-order valence-corrected chi connectivity index (χ2v) is 8.59. The van der Waals surface area contributed by atoms with Gasteiger partial charge in [0, 0.05) is 35.8 Å². The Morgan fingerprint density at radius 3 is 2.66 bits per heavy atom. The summed E-state index contributed by atoms with van der Waals surface area (Å²) in [6, 6.07) is 13.8. The third kappa shape index (κ3) is 4.02. The molecule has 0 saturated carbocycles. The maximum Gasteiger partial charge on any atom is 0.253 e. The van der Waals surface area contributed by atoms with Crippen LogP contribution < -0.4 is 10.6 Å². The highest BCUT2D eigenvalue weighted by atomic mass is 35.5. The predicted octanol–water partition coefficient (Wildman–Crippen LogP) is 3.98. The quantitative estimate of drug-likeness (QED) is 0.804. The van der Waals surface area contributed by atoms with Gasteiger partial charge >= 0.3 is 0 Å². The van der Waals surface area contributed by atoms with E-state index in [2.05, 4.69) is 16.7 Å². The SMILES string of the molecule is CN(C)C(=O)c1cccc2c1CC1(CCNCC1)C(=NCc1cccc(Cl)c1)N2. The lowest BCUT2D eigenvalue weighted by atomic mass is 9.70. The number of halogens is 1. The molecule has 5 nitrogen and oxygen atoms in total. The first-order chi connectivity index (χ1) is 14.0. The smallest absolute Gasteiger partial charge is 0.253 e. The molecule has 152 valence electrons. The molecule has 0 aliphatic carbocycles. The zero-order valence-electron chi connectivity index (χ0n) is 17.0. The number of aliphatic imine (C=N–C) groups is 1. The summed E-state index contributed by atoms with van der Waals surface area (Å²) >= 11 is 6.14. The highest BCUT2D eigenvalue weighted by Crippen LogP contribution is 2.42. The van der Waals surface area contributed by atoms with E-state index in [1.54, 1.807) is 19.0 Å². The molecule has 1 amide bonds. The van der Waals surface area contributed by atoms with Gasteiger partial charge in [-0.05, 0) is 67.7 Å². The van der Waals surface area contributed by atoms with E-state index < -0.39 is 0 Å². The van der Waals surface area contributed by atoms with E-state index in [1.165, 1.54) is 0 Å². The van der Waals surface area contributed by atoms with Gasteiger partial charge in [-0.3, -0.25) is 9.79 Å². The number of anilines is 1. The molecule has 2 aliphatic rings. The first-order valence-corrected chi connectivity index (χ1v) is 10.5. The summed E-state index contributed by atoms with van der Waals surface area (Å²) in [6.07, 6.45) is 2.83. The second kappa shape index (κ2) is 8.17. The Balaban J connectivity index is 1.72. The fourth-order valence-electron chi connectivity index (χ4n) is 4.35. The Bertz CT molecular complexity index is 948. The normalized spacial score (nSPS) is 18.9. The molecular formula is C23H27ClN4O. The number of nitrogens with zero attached hydrogens (tertiary/aromatic N) is 2. The summed E-state index contributed by atoms with van der Waals surface area (Å²) in [7, 11) is 3.60. The number of rotatable bonds is 3. The van der Waals surface area contributed by atoms with Gasteiger partial charge in [0.25, 0.3) is 5.91 Å². The molecule has 0 unspecified atom stereocenters. The van der Waals surface area contributed by atoms with E-state index in [9.17, 15) is 4.79 Å². The fourth-order valence-corrected chi connectivity index (χ4v) is 4.56. The molecule has 6 heteroatoms. The highest BCUT2D eigenvalue weighted by molar-refractivity contribution is 6.30. The van der Waals surface area contributed by atoms with Crippen molar-refractivity contribution in [2.45, 2.75) is 25.8 Å². The summed E-state index contributed by atoms with van der Waals surface area (Å²) in [4.78, 5) is 19.4. The Hall–Kier alpha value is -2.37. The van der Waals surface area contributed by atoms with Crippen LogP contribution in [0.15, 0.2) is 47.5 Å². The van der Waals surface area contributed by atoms with E-state index in [0.717, 1.165) is 65.6 Å². The molecule has 1 spiro atoms. The maximum absolute atomic E-state index is 12.8. The van der Waals surface area contributed by atoms with Crippen LogP contribution in [0.4, 0.5) is 5.69 Å². The standard InChI is InChI=1S/C23H27ClN4O/c1-28(2)21(29)18-7-4-8-20-19(18)14-23(9-11-25-12-10-23)22(27-20)26-15-16-5-3-6-17(24)13-16/h3-8,13,25H,9-12,14-15H2,1-2H3,(H,26,27). The Kier molecular flexibility index (Phi) is 5.61. The molecule has 0 bridgehead atoms. The predicted molar refractivity (Wildman–Crippen MR) is 119 cm³/mol. The summed E-state index contributed by atoms with van der Waals surface area (Å²) in [5, 5.41) is 7.79. The van der Waals surface area contributed by atoms with E-state index in [0.29, 0.717) is 6.54 Å². The molecule has 2 aromatic carbocycles. The van der Waals surface area contributed by atoms with Crippen molar-refractivity contribution in [1.82, 2.24) is 10.2 Å². The molecule has 1 saturated heterocycles. The lowest BCUT2D eigenvalue weighted by Crippen LogP contribution is -2.49. The summed E-state index contributed by atoms with van der Waals surface area (Å²) in [5.74, 6) is 1.08. The van der Waals surface area contributed by atoms with Crippen LogP contribution in [0.3, 0.4) is 0 Å². The molecule has 2 aromatic rings. The summed E-state index contributed by atoms with van der Waals surface area (Å²) in [6.45, 7) is 2.50. The van der Waals surface area contributed by atoms with Gasteiger partial charge in [0.2, 0.25) is 0 Å². The van der Waals surface area contributed by atoms with Crippen molar-refractivity contribution in [2.75, 3.05) is 32.5 Å². The number of nitrogens with one attached hydrogen (secondary N) is 2. The largest absolute Gasteiger partial charge is 0.345 e. The second-order valence-electron chi connectivity index (χ2n) is 8.16. The molecule has 1 fully saturated rings. The molecular weight excluding hydrogens is 384 g/mol. The van der Waals surface area contributed by atoms with Crippen molar-refractivity contribution in [3.05, 3.63) is 64.2 Å². The highest BCUT2D eigenvalue weighted by Gasteiger charge is 2.42. The molecule has 29 heavy (non-hydrogen) atoms. The molecule has 2 aliphatic heterocycles. The van der Waals surface area contributed by atoms with E-state index >= 15 is 0 Å². The average Bonchev–Trinajstić information content (AvgIpc) is 2.72. The molecule has 2 heterocycles. The zero-order valence-corrected chi connectivity index (χ0v) is 17.7. The van der Waals surface area contributed by atoms with Crippen LogP contribution in [-0.2, 0) is 13.0 Å². The van der Waals surface area contributed by atoms with Crippen molar-refractivity contribution in [1.29, 1.82) is 0 Å². The number of hydrogen-bond acceptors (Lipinski definition) is 3. The van der Waals surface area contributed by atoms with Crippen LogP contribution in [0.25, 0.3) is 0 Å².